The van der Waals surface area contributed by atoms with Crippen LogP contribution in [0.3, 0.4) is 0 Å². The Bertz CT molecular complexity index is 613. The Balaban J connectivity index is 2.13. The molecule has 2 rings (SSSR count). The number of thiophene rings is 1. The minimum absolute atomic E-state index is 0.142. The van der Waals surface area contributed by atoms with Gasteiger partial charge in [-0.25, -0.2) is 0 Å². The van der Waals surface area contributed by atoms with Crippen LogP contribution in [0.25, 0.3) is 0 Å². The summed E-state index contributed by atoms with van der Waals surface area (Å²) in [5.74, 6) is 0.908. The number of nitrogens with two attached hydrogens (primary N) is 1. The van der Waals surface area contributed by atoms with Crippen molar-refractivity contribution >= 4 is 56.3 Å². The first-order valence-electron chi connectivity index (χ1n) is 6.18. The molecule has 0 bridgehead atoms. The van der Waals surface area contributed by atoms with Crippen LogP contribution in [0.5, 0.6) is 0 Å². The zero-order valence-corrected chi connectivity index (χ0v) is 14.2. The Morgan fingerprint density at radius 2 is 2.25 bits per heavy atom. The van der Waals surface area contributed by atoms with Gasteiger partial charge < -0.3 is 11.1 Å². The van der Waals surface area contributed by atoms with E-state index in [0.717, 1.165) is 20.9 Å². The normalized spacial score (nSPS) is 10.5. The fourth-order valence-electron chi connectivity index (χ4n) is 1.58. The number of carbonyl (C=O) groups excluding carboxylic acids is 1. The number of halogens is 1. The van der Waals surface area contributed by atoms with Gasteiger partial charge in [-0.15, -0.1) is 23.1 Å². The van der Waals surface area contributed by atoms with Crippen molar-refractivity contribution < 1.29 is 4.79 Å². The molecule has 0 atom stereocenters. The summed E-state index contributed by atoms with van der Waals surface area (Å²) in [7, 11) is 0. The fraction of sp³-hybridized carbons (Fsp3) is 0.214. The highest BCUT2D eigenvalue weighted by molar-refractivity contribution is 9.11. The molecule has 1 aromatic heterocycles. The summed E-state index contributed by atoms with van der Waals surface area (Å²) in [6.07, 6.45) is 1.11. The van der Waals surface area contributed by atoms with Gasteiger partial charge in [-0.2, -0.15) is 0 Å². The molecule has 0 aliphatic heterocycles. The molecule has 1 aromatic carbocycles. The third-order valence-corrected chi connectivity index (χ3v) is 5.28. The van der Waals surface area contributed by atoms with E-state index in [4.69, 9.17) is 5.73 Å². The molecule has 0 spiro atoms. The summed E-state index contributed by atoms with van der Waals surface area (Å²) < 4.78 is 0.933. The smallest absolute Gasteiger partial charge is 0.256 e. The predicted octanol–water partition coefficient (Wildman–Crippen LogP) is 4.85. The van der Waals surface area contributed by atoms with Crippen molar-refractivity contribution in [3.63, 3.8) is 0 Å². The van der Waals surface area contributed by atoms with Crippen molar-refractivity contribution in [1.82, 2.24) is 0 Å². The SMILES string of the molecule is CCCSc1ccc(N)c(NC(=O)c2csc(Br)c2)c1. The first-order chi connectivity index (χ1) is 9.60. The van der Waals surface area contributed by atoms with Gasteiger partial charge in [0.05, 0.1) is 20.7 Å². The average Bonchev–Trinajstić information content (AvgIpc) is 2.86. The molecule has 0 fully saturated rings. The monoisotopic (exact) mass is 370 g/mol. The Labute approximate surface area is 135 Å². The molecular formula is C14H15BrN2OS2. The highest BCUT2D eigenvalue weighted by Crippen LogP contribution is 2.28. The summed E-state index contributed by atoms with van der Waals surface area (Å²) in [5, 5.41) is 4.68. The summed E-state index contributed by atoms with van der Waals surface area (Å²) in [4.78, 5) is 13.2. The Morgan fingerprint density at radius 3 is 2.90 bits per heavy atom. The lowest BCUT2D eigenvalue weighted by Gasteiger charge is -2.09. The van der Waals surface area contributed by atoms with E-state index >= 15 is 0 Å². The fourth-order valence-corrected chi connectivity index (χ4v) is 3.52. The number of nitrogen functional groups attached to an aromatic ring is 1. The van der Waals surface area contributed by atoms with Gasteiger partial charge in [0.1, 0.15) is 0 Å². The molecule has 106 valence electrons. The average molecular weight is 371 g/mol. The molecule has 0 saturated heterocycles. The van der Waals surface area contributed by atoms with Crippen LogP contribution in [0.2, 0.25) is 0 Å². The second-order valence-corrected chi connectivity index (χ2v) is 7.65. The number of carbonyl (C=O) groups is 1. The van der Waals surface area contributed by atoms with E-state index in [1.165, 1.54) is 11.3 Å². The van der Waals surface area contributed by atoms with Crippen LogP contribution in [-0.4, -0.2) is 11.7 Å². The van der Waals surface area contributed by atoms with Crippen LogP contribution >= 0.6 is 39.0 Å². The minimum atomic E-state index is -0.142. The highest BCUT2D eigenvalue weighted by atomic mass is 79.9. The quantitative estimate of drug-likeness (QED) is 0.584. The highest BCUT2D eigenvalue weighted by Gasteiger charge is 2.10. The zero-order chi connectivity index (χ0) is 14.5. The number of hydrogen-bond acceptors (Lipinski definition) is 4. The number of thioether (sulfide) groups is 1. The van der Waals surface area contributed by atoms with Crippen LogP contribution in [0.4, 0.5) is 11.4 Å². The number of rotatable bonds is 5. The second kappa shape index (κ2) is 7.15. The number of hydrogen-bond donors (Lipinski definition) is 2. The van der Waals surface area contributed by atoms with Crippen LogP contribution in [-0.2, 0) is 0 Å². The minimum Gasteiger partial charge on any atom is -0.397 e. The Hall–Kier alpha value is -0.980. The van der Waals surface area contributed by atoms with Gasteiger partial charge in [0.2, 0.25) is 0 Å². The molecule has 0 radical (unpaired) electrons. The van der Waals surface area contributed by atoms with Gasteiger partial charge in [0.15, 0.2) is 0 Å². The molecule has 0 aliphatic rings. The maximum atomic E-state index is 12.1. The van der Waals surface area contributed by atoms with E-state index in [1.807, 2.05) is 23.6 Å². The van der Waals surface area contributed by atoms with Gasteiger partial charge in [0.25, 0.3) is 5.91 Å². The summed E-state index contributed by atoms with van der Waals surface area (Å²) in [6, 6.07) is 7.53. The Morgan fingerprint density at radius 1 is 1.45 bits per heavy atom. The number of amides is 1. The molecule has 0 saturated carbocycles. The largest absolute Gasteiger partial charge is 0.397 e. The molecule has 3 N–H and O–H groups in total. The van der Waals surface area contributed by atoms with Crippen molar-refractivity contribution in [2.24, 2.45) is 0 Å². The third-order valence-electron chi connectivity index (χ3n) is 2.58. The lowest BCUT2D eigenvalue weighted by atomic mass is 10.2. The molecule has 3 nitrogen and oxygen atoms in total. The van der Waals surface area contributed by atoms with E-state index in [2.05, 4.69) is 28.2 Å². The standard InChI is InChI=1S/C14H15BrN2OS2/c1-2-5-19-10-3-4-11(16)12(7-10)17-14(18)9-6-13(15)20-8-9/h3-4,6-8H,2,5,16H2,1H3,(H,17,18). The molecule has 0 aliphatic carbocycles. The van der Waals surface area contributed by atoms with Crippen molar-refractivity contribution in [2.75, 3.05) is 16.8 Å². The maximum Gasteiger partial charge on any atom is 0.256 e. The number of benzene rings is 1. The number of nitrogens with one attached hydrogen (secondary N) is 1. The van der Waals surface area contributed by atoms with Gasteiger partial charge in [-0.3, -0.25) is 4.79 Å². The molecule has 1 amide bonds. The van der Waals surface area contributed by atoms with Crippen LogP contribution in [0.15, 0.2) is 38.3 Å². The van der Waals surface area contributed by atoms with Crippen molar-refractivity contribution in [2.45, 2.75) is 18.2 Å². The molecular weight excluding hydrogens is 356 g/mol. The summed E-state index contributed by atoms with van der Waals surface area (Å²) in [5.41, 5.74) is 7.79. The lowest BCUT2D eigenvalue weighted by Crippen LogP contribution is -2.12. The maximum absolute atomic E-state index is 12.1. The van der Waals surface area contributed by atoms with E-state index < -0.39 is 0 Å². The third kappa shape index (κ3) is 4.01. The van der Waals surface area contributed by atoms with E-state index in [9.17, 15) is 4.79 Å². The van der Waals surface area contributed by atoms with Gasteiger partial charge >= 0.3 is 0 Å². The molecule has 1 heterocycles. The van der Waals surface area contributed by atoms with Crippen molar-refractivity contribution in [3.05, 3.63) is 39.0 Å². The lowest BCUT2D eigenvalue weighted by molar-refractivity contribution is 0.102. The van der Waals surface area contributed by atoms with E-state index in [0.29, 0.717) is 16.9 Å². The van der Waals surface area contributed by atoms with Gasteiger partial charge in [-0.05, 0) is 52.4 Å². The second-order valence-electron chi connectivity index (χ2n) is 4.19. The van der Waals surface area contributed by atoms with Gasteiger partial charge in [-0.1, -0.05) is 6.92 Å². The first-order valence-corrected chi connectivity index (χ1v) is 8.83. The molecule has 2 aromatic rings. The Kier molecular flexibility index (Phi) is 5.51. The topological polar surface area (TPSA) is 55.1 Å². The van der Waals surface area contributed by atoms with Crippen LogP contribution < -0.4 is 11.1 Å². The van der Waals surface area contributed by atoms with Crippen molar-refractivity contribution in [3.8, 4) is 0 Å². The van der Waals surface area contributed by atoms with Crippen LogP contribution in [0.1, 0.15) is 23.7 Å². The summed E-state index contributed by atoms with van der Waals surface area (Å²) in [6.45, 7) is 2.14. The van der Waals surface area contributed by atoms with E-state index in [-0.39, 0.29) is 5.91 Å². The molecule has 0 unspecified atom stereocenters. The number of anilines is 2. The predicted molar refractivity (Wildman–Crippen MR) is 91.8 cm³/mol. The molecule has 6 heteroatoms. The molecule has 20 heavy (non-hydrogen) atoms. The van der Waals surface area contributed by atoms with Gasteiger partial charge in [0, 0.05) is 10.3 Å². The van der Waals surface area contributed by atoms with Crippen LogP contribution in [0, 0.1) is 0 Å². The first kappa shape index (κ1) is 15.4. The summed E-state index contributed by atoms with van der Waals surface area (Å²) >= 11 is 6.59. The zero-order valence-electron chi connectivity index (χ0n) is 11.0. The van der Waals surface area contributed by atoms with E-state index in [1.54, 1.807) is 17.8 Å². The van der Waals surface area contributed by atoms with Crippen molar-refractivity contribution in [1.29, 1.82) is 0 Å².